The molecule has 0 aliphatic carbocycles. The maximum atomic E-state index is 13.0. The van der Waals surface area contributed by atoms with Crippen LogP contribution in [0.3, 0.4) is 0 Å². The van der Waals surface area contributed by atoms with Gasteiger partial charge in [-0.15, -0.1) is 0 Å². The number of esters is 1. The van der Waals surface area contributed by atoms with E-state index in [9.17, 15) is 19.2 Å². The van der Waals surface area contributed by atoms with E-state index < -0.39 is 29.6 Å². The molecule has 196 valence electrons. The molecule has 1 saturated heterocycles. The quantitative estimate of drug-likeness (QED) is 0.263. The van der Waals surface area contributed by atoms with Gasteiger partial charge in [-0.1, -0.05) is 36.4 Å². The number of amides is 3. The number of benzene rings is 3. The molecule has 1 aliphatic heterocycles. The lowest BCUT2D eigenvalue weighted by molar-refractivity contribution is -0.145. The normalized spacial score (nSPS) is 14.2. The maximum absolute atomic E-state index is 13.0. The summed E-state index contributed by atoms with van der Waals surface area (Å²) in [6.07, 6.45) is 1.52. The fourth-order valence-electron chi connectivity index (χ4n) is 3.75. The first kappa shape index (κ1) is 27.2. The molecule has 0 spiro atoms. The van der Waals surface area contributed by atoms with Crippen LogP contribution in [0.15, 0.2) is 64.0 Å². The van der Waals surface area contributed by atoms with Gasteiger partial charge in [0.25, 0.3) is 11.1 Å². The van der Waals surface area contributed by atoms with Crippen molar-refractivity contribution in [3.05, 3.63) is 69.5 Å². The number of thioether (sulfide) groups is 1. The van der Waals surface area contributed by atoms with Crippen molar-refractivity contribution in [2.75, 3.05) is 32.2 Å². The van der Waals surface area contributed by atoms with Gasteiger partial charge in [0.2, 0.25) is 5.91 Å². The van der Waals surface area contributed by atoms with Crippen molar-refractivity contribution in [1.82, 2.24) is 4.90 Å². The molecule has 1 heterocycles. The van der Waals surface area contributed by atoms with Gasteiger partial charge in [-0.25, -0.2) is 4.79 Å². The van der Waals surface area contributed by atoms with Crippen LogP contribution in [-0.2, 0) is 19.1 Å². The number of imide groups is 1. The highest BCUT2D eigenvalue weighted by molar-refractivity contribution is 9.10. The van der Waals surface area contributed by atoms with Gasteiger partial charge in [-0.05, 0) is 69.8 Å². The number of halogens is 1. The fourth-order valence-corrected chi connectivity index (χ4v) is 5.16. The average molecular weight is 599 g/mol. The van der Waals surface area contributed by atoms with E-state index in [0.29, 0.717) is 21.5 Å². The second-order valence-electron chi connectivity index (χ2n) is 7.97. The Bertz CT molecular complexity index is 1450. The third-order valence-corrected chi connectivity index (χ3v) is 6.92. The van der Waals surface area contributed by atoms with Crippen molar-refractivity contribution in [2.24, 2.45) is 0 Å². The minimum atomic E-state index is -0.578. The summed E-state index contributed by atoms with van der Waals surface area (Å²) in [5, 5.41) is 4.05. The van der Waals surface area contributed by atoms with Crippen LogP contribution in [0.5, 0.6) is 11.5 Å². The number of hydrogen-bond donors (Lipinski definition) is 1. The van der Waals surface area contributed by atoms with Crippen molar-refractivity contribution >= 4 is 73.3 Å². The van der Waals surface area contributed by atoms with Crippen LogP contribution in [0.4, 0.5) is 10.5 Å². The molecule has 3 aromatic rings. The summed E-state index contributed by atoms with van der Waals surface area (Å²) in [4.78, 5) is 51.0. The number of fused-ring (bicyclic) bond motifs is 1. The van der Waals surface area contributed by atoms with E-state index in [-0.39, 0.29) is 23.9 Å². The van der Waals surface area contributed by atoms with Crippen LogP contribution in [0.2, 0.25) is 0 Å². The lowest BCUT2D eigenvalue weighted by Crippen LogP contribution is -2.36. The predicted molar refractivity (Wildman–Crippen MR) is 148 cm³/mol. The maximum Gasteiger partial charge on any atom is 0.344 e. The smallest absolute Gasteiger partial charge is 0.344 e. The van der Waals surface area contributed by atoms with E-state index in [1.807, 2.05) is 36.4 Å². The molecule has 1 N–H and O–H groups in total. The SMILES string of the molecule is CCOC(=O)COc1c(Br)cc(/C=C2\SC(=O)N(CC(=O)Nc3cccc4ccccc34)C2=O)cc1OC. The molecule has 0 radical (unpaired) electrons. The summed E-state index contributed by atoms with van der Waals surface area (Å²) in [5.74, 6) is -0.994. The van der Waals surface area contributed by atoms with Gasteiger partial charge >= 0.3 is 5.97 Å². The third-order valence-electron chi connectivity index (χ3n) is 5.43. The Balaban J connectivity index is 1.47. The molecule has 0 bridgehead atoms. The molecule has 9 nitrogen and oxygen atoms in total. The summed E-state index contributed by atoms with van der Waals surface area (Å²) < 4.78 is 16.2. The zero-order chi connectivity index (χ0) is 27.2. The Hall–Kier alpha value is -3.83. The van der Waals surface area contributed by atoms with E-state index in [0.717, 1.165) is 27.4 Å². The monoisotopic (exact) mass is 598 g/mol. The van der Waals surface area contributed by atoms with E-state index >= 15 is 0 Å². The summed E-state index contributed by atoms with van der Waals surface area (Å²) in [6.45, 7) is 1.21. The number of carbonyl (C=O) groups is 4. The minimum absolute atomic E-state index is 0.155. The lowest BCUT2D eigenvalue weighted by atomic mass is 10.1. The highest BCUT2D eigenvalue weighted by Gasteiger charge is 2.36. The van der Waals surface area contributed by atoms with E-state index in [4.69, 9.17) is 14.2 Å². The lowest BCUT2D eigenvalue weighted by Gasteiger charge is -2.14. The number of rotatable bonds is 9. The van der Waals surface area contributed by atoms with Crippen molar-refractivity contribution in [3.63, 3.8) is 0 Å². The molecule has 11 heteroatoms. The summed E-state index contributed by atoms with van der Waals surface area (Å²) in [6, 6.07) is 16.4. The standard InChI is InChI=1S/C27H23BrN2O7S/c1-3-36-24(32)15-37-25-19(28)11-16(12-21(25)35-2)13-22-26(33)30(27(34)38-22)14-23(31)29-20-10-6-8-17-7-4-5-9-18(17)20/h4-13H,3,14-15H2,1-2H3,(H,29,31)/b22-13-. The second-order valence-corrected chi connectivity index (χ2v) is 9.82. The van der Waals surface area contributed by atoms with Crippen molar-refractivity contribution in [2.45, 2.75) is 6.92 Å². The van der Waals surface area contributed by atoms with Gasteiger partial charge in [-0.3, -0.25) is 19.3 Å². The van der Waals surface area contributed by atoms with Crippen LogP contribution >= 0.6 is 27.7 Å². The number of carbonyl (C=O) groups excluding carboxylic acids is 4. The van der Waals surface area contributed by atoms with Gasteiger partial charge < -0.3 is 19.5 Å². The molecule has 38 heavy (non-hydrogen) atoms. The molecule has 1 fully saturated rings. The molecular weight excluding hydrogens is 576 g/mol. The molecule has 3 aromatic carbocycles. The van der Waals surface area contributed by atoms with Crippen LogP contribution in [0.1, 0.15) is 12.5 Å². The Morgan fingerprint density at radius 1 is 1.11 bits per heavy atom. The first-order valence-electron chi connectivity index (χ1n) is 11.5. The highest BCUT2D eigenvalue weighted by Crippen LogP contribution is 2.39. The zero-order valence-corrected chi connectivity index (χ0v) is 22.9. The van der Waals surface area contributed by atoms with Crippen molar-refractivity contribution < 1.29 is 33.4 Å². The van der Waals surface area contributed by atoms with Gasteiger partial charge in [0, 0.05) is 11.1 Å². The Morgan fingerprint density at radius 3 is 2.63 bits per heavy atom. The van der Waals surface area contributed by atoms with Gasteiger partial charge in [-0.2, -0.15) is 0 Å². The summed E-state index contributed by atoms with van der Waals surface area (Å²) in [7, 11) is 1.44. The molecular formula is C27H23BrN2O7S. The number of methoxy groups -OCH3 is 1. The first-order valence-corrected chi connectivity index (χ1v) is 13.1. The summed E-state index contributed by atoms with van der Waals surface area (Å²) >= 11 is 4.13. The van der Waals surface area contributed by atoms with Gasteiger partial charge in [0.1, 0.15) is 6.54 Å². The predicted octanol–water partition coefficient (Wildman–Crippen LogP) is 5.23. The number of ether oxygens (including phenoxy) is 3. The van der Waals surface area contributed by atoms with Gasteiger partial charge in [0.15, 0.2) is 18.1 Å². The van der Waals surface area contributed by atoms with Gasteiger partial charge in [0.05, 0.1) is 23.1 Å². The molecule has 1 aliphatic rings. The van der Waals surface area contributed by atoms with Crippen molar-refractivity contribution in [3.8, 4) is 11.5 Å². The molecule has 3 amide bonds. The number of anilines is 1. The first-order chi connectivity index (χ1) is 18.3. The number of nitrogens with zero attached hydrogens (tertiary/aromatic N) is 1. The topological polar surface area (TPSA) is 111 Å². The summed E-state index contributed by atoms with van der Waals surface area (Å²) in [5.41, 5.74) is 1.14. The van der Waals surface area contributed by atoms with Crippen LogP contribution in [0, 0.1) is 0 Å². The van der Waals surface area contributed by atoms with E-state index in [1.165, 1.54) is 13.2 Å². The Labute approximate surface area is 231 Å². The van der Waals surface area contributed by atoms with E-state index in [1.54, 1.807) is 25.1 Å². The van der Waals surface area contributed by atoms with Crippen LogP contribution in [-0.4, -0.2) is 54.8 Å². The largest absolute Gasteiger partial charge is 0.493 e. The van der Waals surface area contributed by atoms with Crippen molar-refractivity contribution in [1.29, 1.82) is 0 Å². The third kappa shape index (κ3) is 6.17. The highest BCUT2D eigenvalue weighted by atomic mass is 79.9. The Kier molecular flexibility index (Phi) is 8.70. The average Bonchev–Trinajstić information content (AvgIpc) is 3.15. The molecule has 0 aromatic heterocycles. The minimum Gasteiger partial charge on any atom is -0.493 e. The fraction of sp³-hybridized carbons (Fsp3) is 0.185. The zero-order valence-electron chi connectivity index (χ0n) is 20.5. The Morgan fingerprint density at radius 2 is 1.87 bits per heavy atom. The van der Waals surface area contributed by atoms with Crippen LogP contribution in [0.25, 0.3) is 16.8 Å². The molecule has 0 unspecified atom stereocenters. The molecule has 4 rings (SSSR count). The molecule has 0 saturated carbocycles. The number of hydrogen-bond acceptors (Lipinski definition) is 8. The second kappa shape index (κ2) is 12.1. The number of nitrogens with one attached hydrogen (secondary N) is 1. The molecule has 0 atom stereocenters. The van der Waals surface area contributed by atoms with Crippen LogP contribution < -0.4 is 14.8 Å². The van der Waals surface area contributed by atoms with E-state index in [2.05, 4.69) is 21.2 Å².